The number of aryl methyl sites for hydroxylation is 1. The smallest absolute Gasteiger partial charge is 0.165 e. The van der Waals surface area contributed by atoms with E-state index in [1.807, 2.05) is 0 Å². The first-order valence-corrected chi connectivity index (χ1v) is 7.02. The predicted octanol–water partition coefficient (Wildman–Crippen LogP) is 1.36. The molecule has 0 unspecified atom stereocenters. The van der Waals surface area contributed by atoms with Crippen LogP contribution in [0, 0.1) is 0 Å². The fraction of sp³-hybridized carbons (Fsp3) is 0.250. The molecule has 0 radical (unpaired) electrons. The molecule has 3 heterocycles. The maximum Gasteiger partial charge on any atom is 0.165 e. The van der Waals surface area contributed by atoms with Crippen LogP contribution in [0.2, 0.25) is 0 Å². The van der Waals surface area contributed by atoms with Gasteiger partial charge in [0, 0.05) is 17.3 Å². The van der Waals surface area contributed by atoms with Crippen molar-refractivity contribution in [3.63, 3.8) is 0 Å². The number of hydrogen-bond donors (Lipinski definition) is 3. The third-order valence-electron chi connectivity index (χ3n) is 3.12. The number of H-pyrrole nitrogens is 1. The fourth-order valence-corrected chi connectivity index (χ4v) is 2.54. The lowest BCUT2D eigenvalue weighted by atomic mass is 10.2. The minimum absolute atomic E-state index is 0.539. The molecular weight excluding hydrogens is 322 g/mol. The molecule has 8 heteroatoms. The van der Waals surface area contributed by atoms with E-state index in [2.05, 4.69) is 36.2 Å². The van der Waals surface area contributed by atoms with Crippen molar-refractivity contribution < 1.29 is 0 Å². The molecule has 0 aliphatic heterocycles. The molecular formula is C12H14BrN7. The number of hydrogen-bond acceptors (Lipinski definition) is 5. The van der Waals surface area contributed by atoms with Gasteiger partial charge in [-0.1, -0.05) is 0 Å². The Morgan fingerprint density at radius 1 is 1.35 bits per heavy atom. The average molecular weight is 336 g/mol. The molecule has 0 fully saturated rings. The highest BCUT2D eigenvalue weighted by molar-refractivity contribution is 9.10. The molecule has 3 aromatic heterocycles. The van der Waals surface area contributed by atoms with E-state index < -0.39 is 0 Å². The zero-order valence-corrected chi connectivity index (χ0v) is 12.3. The van der Waals surface area contributed by atoms with E-state index in [1.54, 1.807) is 23.1 Å². The lowest BCUT2D eigenvalue weighted by Gasteiger charge is -2.08. The Morgan fingerprint density at radius 3 is 2.90 bits per heavy atom. The highest BCUT2D eigenvalue weighted by atomic mass is 79.9. The standard InChI is InChI=1S/C12H14BrN7/c13-10-9(2-1-3-14)19-12-8(7-4-16-17-5-7)6-18-20(12)11(10)15/h4-6H,1-3,14-15H2,(H,16,17). The summed E-state index contributed by atoms with van der Waals surface area (Å²) in [5, 5.41) is 11.0. The van der Waals surface area contributed by atoms with Crippen molar-refractivity contribution in [1.29, 1.82) is 0 Å². The van der Waals surface area contributed by atoms with Gasteiger partial charge >= 0.3 is 0 Å². The summed E-state index contributed by atoms with van der Waals surface area (Å²) < 4.78 is 2.40. The fourth-order valence-electron chi connectivity index (χ4n) is 2.08. The first kappa shape index (κ1) is 13.1. The second-order valence-corrected chi connectivity index (χ2v) is 5.22. The average Bonchev–Trinajstić information content (AvgIpc) is 3.09. The SMILES string of the molecule is NCCCc1nc2c(-c3cn[nH]c3)cnn2c(N)c1Br. The normalized spacial score (nSPS) is 11.3. The third kappa shape index (κ3) is 2.06. The lowest BCUT2D eigenvalue weighted by Crippen LogP contribution is -2.07. The Balaban J connectivity index is 2.18. The van der Waals surface area contributed by atoms with Gasteiger partial charge in [-0.3, -0.25) is 5.10 Å². The molecule has 7 nitrogen and oxygen atoms in total. The molecule has 3 aromatic rings. The van der Waals surface area contributed by atoms with Gasteiger partial charge in [-0.05, 0) is 35.3 Å². The first-order valence-electron chi connectivity index (χ1n) is 6.23. The summed E-state index contributed by atoms with van der Waals surface area (Å²) in [6.45, 7) is 0.618. The molecule has 0 atom stereocenters. The molecule has 0 aliphatic carbocycles. The van der Waals surface area contributed by atoms with E-state index in [0.717, 1.165) is 39.8 Å². The summed E-state index contributed by atoms with van der Waals surface area (Å²) >= 11 is 3.48. The van der Waals surface area contributed by atoms with Crippen LogP contribution in [-0.4, -0.2) is 31.3 Å². The van der Waals surface area contributed by atoms with Crippen molar-refractivity contribution in [1.82, 2.24) is 24.8 Å². The van der Waals surface area contributed by atoms with Crippen LogP contribution >= 0.6 is 15.9 Å². The van der Waals surface area contributed by atoms with Crippen LogP contribution in [-0.2, 0) is 6.42 Å². The van der Waals surface area contributed by atoms with Crippen molar-refractivity contribution in [3.8, 4) is 11.1 Å². The summed E-state index contributed by atoms with van der Waals surface area (Å²) in [5.74, 6) is 0.539. The molecule has 104 valence electrons. The maximum absolute atomic E-state index is 6.12. The Kier molecular flexibility index (Phi) is 3.41. The van der Waals surface area contributed by atoms with E-state index in [-0.39, 0.29) is 0 Å². The van der Waals surface area contributed by atoms with E-state index in [0.29, 0.717) is 12.4 Å². The minimum atomic E-state index is 0.539. The van der Waals surface area contributed by atoms with Gasteiger partial charge in [0.25, 0.3) is 0 Å². The van der Waals surface area contributed by atoms with Gasteiger partial charge in [0.2, 0.25) is 0 Å². The number of nitrogens with two attached hydrogens (primary N) is 2. The molecule has 0 aliphatic rings. The van der Waals surface area contributed by atoms with Gasteiger partial charge in [0.05, 0.1) is 22.6 Å². The summed E-state index contributed by atoms with van der Waals surface area (Å²) in [4.78, 5) is 4.67. The third-order valence-corrected chi connectivity index (χ3v) is 3.98. The number of fused-ring (bicyclic) bond motifs is 1. The molecule has 0 saturated carbocycles. The molecule has 3 rings (SSSR count). The number of aromatic amines is 1. The summed E-state index contributed by atoms with van der Waals surface area (Å²) in [7, 11) is 0. The second-order valence-electron chi connectivity index (χ2n) is 4.43. The number of anilines is 1. The van der Waals surface area contributed by atoms with Crippen molar-refractivity contribution >= 4 is 27.4 Å². The molecule has 0 bridgehead atoms. The van der Waals surface area contributed by atoms with E-state index in [4.69, 9.17) is 11.5 Å². The van der Waals surface area contributed by atoms with Crippen LogP contribution in [0.3, 0.4) is 0 Å². The minimum Gasteiger partial charge on any atom is -0.383 e. The van der Waals surface area contributed by atoms with Gasteiger partial charge in [-0.15, -0.1) is 0 Å². The van der Waals surface area contributed by atoms with Crippen molar-refractivity contribution in [2.75, 3.05) is 12.3 Å². The Hall–Kier alpha value is -1.93. The number of rotatable bonds is 4. The molecule has 0 amide bonds. The van der Waals surface area contributed by atoms with Gasteiger partial charge in [-0.25, -0.2) is 4.98 Å². The van der Waals surface area contributed by atoms with Crippen LogP contribution in [0.25, 0.3) is 16.8 Å². The summed E-state index contributed by atoms with van der Waals surface area (Å²) in [6.07, 6.45) is 6.90. The zero-order chi connectivity index (χ0) is 14.1. The van der Waals surface area contributed by atoms with Crippen molar-refractivity contribution in [2.24, 2.45) is 5.73 Å². The van der Waals surface area contributed by atoms with Gasteiger partial charge in [-0.2, -0.15) is 14.7 Å². The van der Waals surface area contributed by atoms with Crippen LogP contribution in [0.1, 0.15) is 12.1 Å². The van der Waals surface area contributed by atoms with E-state index >= 15 is 0 Å². The van der Waals surface area contributed by atoms with Crippen LogP contribution in [0.5, 0.6) is 0 Å². The molecule has 0 spiro atoms. The number of nitrogens with zero attached hydrogens (tertiary/aromatic N) is 4. The second kappa shape index (κ2) is 5.22. The van der Waals surface area contributed by atoms with Crippen molar-refractivity contribution in [3.05, 3.63) is 28.8 Å². The van der Waals surface area contributed by atoms with Gasteiger partial charge in [0.1, 0.15) is 5.82 Å². The lowest BCUT2D eigenvalue weighted by molar-refractivity contribution is 0.800. The molecule has 0 saturated heterocycles. The summed E-state index contributed by atoms with van der Waals surface area (Å²) in [6, 6.07) is 0. The topological polar surface area (TPSA) is 111 Å². The van der Waals surface area contributed by atoms with E-state index in [9.17, 15) is 0 Å². The van der Waals surface area contributed by atoms with Crippen LogP contribution in [0.15, 0.2) is 23.1 Å². The Morgan fingerprint density at radius 2 is 2.20 bits per heavy atom. The van der Waals surface area contributed by atoms with Crippen LogP contribution < -0.4 is 11.5 Å². The Bertz CT molecular complexity index is 732. The molecule has 5 N–H and O–H groups in total. The zero-order valence-electron chi connectivity index (χ0n) is 10.7. The highest BCUT2D eigenvalue weighted by Gasteiger charge is 2.16. The highest BCUT2D eigenvalue weighted by Crippen LogP contribution is 2.29. The molecule has 20 heavy (non-hydrogen) atoms. The quantitative estimate of drug-likeness (QED) is 0.666. The van der Waals surface area contributed by atoms with Crippen LogP contribution in [0.4, 0.5) is 5.82 Å². The number of nitrogen functional groups attached to an aromatic ring is 1. The van der Waals surface area contributed by atoms with Gasteiger partial charge in [0.15, 0.2) is 5.65 Å². The number of nitrogens with one attached hydrogen (secondary N) is 1. The number of halogens is 1. The maximum atomic E-state index is 6.12. The Labute approximate surface area is 123 Å². The first-order chi connectivity index (χ1) is 9.72. The molecule has 0 aromatic carbocycles. The monoisotopic (exact) mass is 335 g/mol. The largest absolute Gasteiger partial charge is 0.383 e. The van der Waals surface area contributed by atoms with E-state index in [1.165, 1.54) is 0 Å². The van der Waals surface area contributed by atoms with Crippen molar-refractivity contribution in [2.45, 2.75) is 12.8 Å². The predicted molar refractivity (Wildman–Crippen MR) is 80.1 cm³/mol. The summed E-state index contributed by atoms with van der Waals surface area (Å²) in [5.41, 5.74) is 15.1. The van der Waals surface area contributed by atoms with Gasteiger partial charge < -0.3 is 11.5 Å². The number of aromatic nitrogens is 5.